The van der Waals surface area contributed by atoms with Crippen molar-refractivity contribution in [2.45, 2.75) is 24.3 Å². The Morgan fingerprint density at radius 3 is 2.81 bits per heavy atom. The van der Waals surface area contributed by atoms with Crippen LogP contribution < -0.4 is 11.1 Å². The van der Waals surface area contributed by atoms with Gasteiger partial charge in [-0.05, 0) is 25.5 Å². The predicted molar refractivity (Wildman–Crippen MR) is 64.1 cm³/mol. The number of nitrogens with two attached hydrogens (primary N) is 1. The van der Waals surface area contributed by atoms with Gasteiger partial charge in [0.25, 0.3) is 0 Å². The third kappa shape index (κ3) is 3.79. The highest BCUT2D eigenvalue weighted by molar-refractivity contribution is 7.90. The quantitative estimate of drug-likeness (QED) is 0.792. The summed E-state index contributed by atoms with van der Waals surface area (Å²) < 4.78 is 22.9. The fourth-order valence-electron chi connectivity index (χ4n) is 1.24. The van der Waals surface area contributed by atoms with E-state index in [9.17, 15) is 8.42 Å². The normalized spacial score (nSPS) is 13.4. The van der Waals surface area contributed by atoms with Crippen molar-refractivity contribution in [1.82, 2.24) is 4.98 Å². The van der Waals surface area contributed by atoms with Crippen LogP contribution in [0.3, 0.4) is 0 Å². The van der Waals surface area contributed by atoms with Crippen molar-refractivity contribution >= 4 is 15.7 Å². The molecule has 0 aliphatic carbocycles. The zero-order valence-corrected chi connectivity index (χ0v) is 10.3. The van der Waals surface area contributed by atoms with Crippen molar-refractivity contribution < 1.29 is 8.42 Å². The Labute approximate surface area is 96.0 Å². The van der Waals surface area contributed by atoms with Gasteiger partial charge < -0.3 is 11.1 Å². The van der Waals surface area contributed by atoms with Gasteiger partial charge in [-0.25, -0.2) is 13.4 Å². The third-order valence-corrected chi connectivity index (χ3v) is 3.19. The van der Waals surface area contributed by atoms with Crippen LogP contribution in [0.2, 0.25) is 0 Å². The molecule has 0 aliphatic rings. The molecule has 0 aliphatic heterocycles. The van der Waals surface area contributed by atoms with Crippen LogP contribution in [0.5, 0.6) is 0 Å². The van der Waals surface area contributed by atoms with Gasteiger partial charge in [0.1, 0.15) is 10.7 Å². The van der Waals surface area contributed by atoms with Gasteiger partial charge >= 0.3 is 0 Å². The minimum Gasteiger partial charge on any atom is -0.369 e. The first kappa shape index (κ1) is 12.9. The Morgan fingerprint density at radius 1 is 1.56 bits per heavy atom. The average Bonchev–Trinajstić information content (AvgIpc) is 2.16. The summed E-state index contributed by atoms with van der Waals surface area (Å²) >= 11 is 0. The first-order valence-electron chi connectivity index (χ1n) is 5.06. The fourth-order valence-corrected chi connectivity index (χ4v) is 2.04. The lowest BCUT2D eigenvalue weighted by Gasteiger charge is -2.10. The highest BCUT2D eigenvalue weighted by Gasteiger charge is 2.13. The van der Waals surface area contributed by atoms with E-state index in [4.69, 9.17) is 5.73 Å². The van der Waals surface area contributed by atoms with E-state index in [2.05, 4.69) is 10.3 Å². The first-order valence-corrected chi connectivity index (χ1v) is 6.95. The third-order valence-electron chi connectivity index (χ3n) is 2.06. The molecule has 1 rings (SSSR count). The van der Waals surface area contributed by atoms with Crippen LogP contribution >= 0.6 is 0 Å². The summed E-state index contributed by atoms with van der Waals surface area (Å²) in [6.45, 7) is 2.51. The summed E-state index contributed by atoms with van der Waals surface area (Å²) in [6, 6.07) is 3.22. The van der Waals surface area contributed by atoms with Gasteiger partial charge in [-0.1, -0.05) is 0 Å². The number of rotatable bonds is 5. The van der Waals surface area contributed by atoms with Crippen LogP contribution in [0.25, 0.3) is 0 Å². The lowest BCUT2D eigenvalue weighted by atomic mass is 10.2. The Morgan fingerprint density at radius 2 is 2.25 bits per heavy atom. The molecule has 1 aromatic heterocycles. The minimum atomic E-state index is -3.24. The minimum absolute atomic E-state index is 0.0814. The molecule has 90 valence electrons. The molecule has 3 N–H and O–H groups in total. The van der Waals surface area contributed by atoms with E-state index in [1.807, 2.05) is 6.92 Å². The zero-order valence-electron chi connectivity index (χ0n) is 9.47. The number of anilines is 1. The highest BCUT2D eigenvalue weighted by Crippen LogP contribution is 2.17. The second-order valence-corrected chi connectivity index (χ2v) is 5.80. The molecular formula is C10H17N3O2S. The molecule has 1 heterocycles. The molecule has 0 bridgehead atoms. The topological polar surface area (TPSA) is 85.1 Å². The molecule has 0 radical (unpaired) electrons. The van der Waals surface area contributed by atoms with Gasteiger partial charge in [0.15, 0.2) is 9.84 Å². The Bertz CT molecular complexity index is 443. The molecule has 0 fully saturated rings. The molecule has 1 aromatic rings. The van der Waals surface area contributed by atoms with Crippen LogP contribution in [-0.2, 0) is 9.84 Å². The van der Waals surface area contributed by atoms with Gasteiger partial charge in [-0.2, -0.15) is 0 Å². The van der Waals surface area contributed by atoms with E-state index in [1.165, 1.54) is 12.3 Å². The van der Waals surface area contributed by atoms with E-state index in [-0.39, 0.29) is 10.9 Å². The Balaban J connectivity index is 2.80. The second kappa shape index (κ2) is 5.27. The van der Waals surface area contributed by atoms with Crippen molar-refractivity contribution in [3.05, 3.63) is 18.3 Å². The van der Waals surface area contributed by atoms with Crippen molar-refractivity contribution in [2.75, 3.05) is 18.1 Å². The van der Waals surface area contributed by atoms with Crippen LogP contribution in [-0.4, -0.2) is 32.2 Å². The Kier molecular flexibility index (Phi) is 4.26. The molecular weight excluding hydrogens is 226 g/mol. The second-order valence-electron chi connectivity index (χ2n) is 3.82. The summed E-state index contributed by atoms with van der Waals surface area (Å²) in [5.41, 5.74) is 5.60. The largest absolute Gasteiger partial charge is 0.369 e. The Hall–Kier alpha value is -1.14. The average molecular weight is 243 g/mol. The maximum Gasteiger partial charge on any atom is 0.179 e. The van der Waals surface area contributed by atoms with E-state index in [0.29, 0.717) is 12.4 Å². The van der Waals surface area contributed by atoms with Crippen LogP contribution in [0, 0.1) is 0 Å². The molecule has 0 spiro atoms. The molecule has 1 atom stereocenters. The molecule has 0 amide bonds. The van der Waals surface area contributed by atoms with E-state index < -0.39 is 9.84 Å². The summed E-state index contributed by atoms with van der Waals surface area (Å²) in [6.07, 6.45) is 3.49. The summed E-state index contributed by atoms with van der Waals surface area (Å²) in [5.74, 6) is 0.394. The monoisotopic (exact) mass is 243 g/mol. The summed E-state index contributed by atoms with van der Waals surface area (Å²) in [4.78, 5) is 4.23. The van der Waals surface area contributed by atoms with Crippen molar-refractivity contribution in [3.8, 4) is 0 Å². The highest BCUT2D eigenvalue weighted by atomic mass is 32.2. The van der Waals surface area contributed by atoms with Gasteiger partial charge in [-0.3, -0.25) is 0 Å². The van der Waals surface area contributed by atoms with Crippen LogP contribution in [0.1, 0.15) is 13.3 Å². The molecule has 0 saturated carbocycles. The molecule has 16 heavy (non-hydrogen) atoms. The predicted octanol–water partition coefficient (Wildman–Crippen LogP) is 0.634. The van der Waals surface area contributed by atoms with E-state index in [0.717, 1.165) is 6.42 Å². The number of hydrogen-bond donors (Lipinski definition) is 2. The van der Waals surface area contributed by atoms with Crippen molar-refractivity contribution in [1.29, 1.82) is 0 Å². The van der Waals surface area contributed by atoms with Crippen LogP contribution in [0.15, 0.2) is 23.2 Å². The smallest absolute Gasteiger partial charge is 0.179 e. The molecule has 0 aromatic carbocycles. The van der Waals surface area contributed by atoms with Gasteiger partial charge in [0.05, 0.1) is 0 Å². The molecule has 5 nitrogen and oxygen atoms in total. The van der Waals surface area contributed by atoms with Gasteiger partial charge in [0.2, 0.25) is 0 Å². The number of nitrogens with one attached hydrogen (secondary N) is 1. The molecule has 6 heteroatoms. The van der Waals surface area contributed by atoms with Gasteiger partial charge in [-0.15, -0.1) is 0 Å². The lowest BCUT2D eigenvalue weighted by Crippen LogP contribution is -2.20. The fraction of sp³-hybridized carbons (Fsp3) is 0.500. The summed E-state index contributed by atoms with van der Waals surface area (Å²) in [5, 5.41) is 2.98. The number of nitrogens with zero attached hydrogens (tertiary/aromatic N) is 1. The lowest BCUT2D eigenvalue weighted by molar-refractivity contribution is 0.601. The van der Waals surface area contributed by atoms with E-state index in [1.54, 1.807) is 12.3 Å². The zero-order chi connectivity index (χ0) is 12.2. The number of aromatic nitrogens is 1. The number of sulfone groups is 1. The molecule has 0 saturated heterocycles. The van der Waals surface area contributed by atoms with Crippen molar-refractivity contribution in [2.24, 2.45) is 5.73 Å². The summed E-state index contributed by atoms with van der Waals surface area (Å²) in [7, 11) is -3.24. The number of pyridine rings is 1. The maximum atomic E-state index is 11.4. The first-order chi connectivity index (χ1) is 7.41. The number of hydrogen-bond acceptors (Lipinski definition) is 5. The standard InChI is InChI=1S/C10H17N3O2S/c1-8(11)5-7-13-10-9(16(2,14)15)4-3-6-12-10/h3-4,6,8H,5,7,11H2,1-2H3,(H,12,13). The maximum absolute atomic E-state index is 11.4. The van der Waals surface area contributed by atoms with Gasteiger partial charge in [0, 0.05) is 25.0 Å². The van der Waals surface area contributed by atoms with Crippen molar-refractivity contribution in [3.63, 3.8) is 0 Å². The van der Waals surface area contributed by atoms with Crippen LogP contribution in [0.4, 0.5) is 5.82 Å². The SMILES string of the molecule is CC(N)CCNc1ncccc1S(C)(=O)=O. The molecule has 1 unspecified atom stereocenters. The van der Waals surface area contributed by atoms with E-state index >= 15 is 0 Å².